The average molecular weight is 495 g/mol. The monoisotopic (exact) mass is 495 g/mol. The quantitative estimate of drug-likeness (QED) is 0.500. The highest BCUT2D eigenvalue weighted by Gasteiger charge is 2.50. The van der Waals surface area contributed by atoms with Gasteiger partial charge in [-0.1, -0.05) is 6.07 Å². The summed E-state index contributed by atoms with van der Waals surface area (Å²) in [6, 6.07) is 3.11. The van der Waals surface area contributed by atoms with E-state index >= 15 is 4.39 Å². The molecule has 4 atom stereocenters. The van der Waals surface area contributed by atoms with E-state index < -0.39 is 60.5 Å². The number of nitrogens with zero attached hydrogens (tertiary/aromatic N) is 4. The van der Waals surface area contributed by atoms with Crippen LogP contribution in [0.4, 0.5) is 19.1 Å². The van der Waals surface area contributed by atoms with Crippen molar-refractivity contribution in [1.82, 2.24) is 19.1 Å². The van der Waals surface area contributed by atoms with Gasteiger partial charge in [0.05, 0.1) is 12.7 Å². The molecule has 1 fully saturated rings. The number of hydrogen-bond donors (Lipinski definition) is 1. The maximum Gasteiger partial charge on any atom is 0.332 e. The van der Waals surface area contributed by atoms with E-state index in [-0.39, 0.29) is 29.2 Å². The highest BCUT2D eigenvalue weighted by atomic mass is 19.2. The van der Waals surface area contributed by atoms with Gasteiger partial charge in [0, 0.05) is 13.8 Å². The van der Waals surface area contributed by atoms with Gasteiger partial charge in [-0.05, 0) is 17.7 Å². The zero-order valence-corrected chi connectivity index (χ0v) is 18.5. The fraction of sp³-hybridized carbons (Fsp3) is 0.381. The van der Waals surface area contributed by atoms with Crippen LogP contribution in [0.15, 0.2) is 29.2 Å². The van der Waals surface area contributed by atoms with Crippen molar-refractivity contribution in [3.8, 4) is 0 Å². The van der Waals surface area contributed by atoms with Gasteiger partial charge in [-0.25, -0.2) is 27.5 Å². The molecule has 35 heavy (non-hydrogen) atoms. The summed E-state index contributed by atoms with van der Waals surface area (Å²) >= 11 is 0. The topological polar surface area (TPSA) is 141 Å². The summed E-state index contributed by atoms with van der Waals surface area (Å²) in [5.41, 5.74) is 5.18. The Kier molecular flexibility index (Phi) is 6.47. The number of rotatable bonds is 6. The molecule has 0 bridgehead atoms. The first-order valence-electron chi connectivity index (χ1n) is 10.3. The van der Waals surface area contributed by atoms with E-state index in [0.29, 0.717) is 0 Å². The molecular formula is C21H20F3N5O6. The van der Waals surface area contributed by atoms with Crippen molar-refractivity contribution < 1.29 is 37.0 Å². The van der Waals surface area contributed by atoms with Gasteiger partial charge in [0.15, 0.2) is 35.8 Å². The second-order valence-corrected chi connectivity index (χ2v) is 7.81. The highest BCUT2D eigenvalue weighted by molar-refractivity contribution is 5.72. The predicted molar refractivity (Wildman–Crippen MR) is 113 cm³/mol. The molecular weight excluding hydrogens is 475 g/mol. The molecule has 0 amide bonds. The lowest BCUT2D eigenvalue weighted by Crippen LogP contribution is -2.37. The second kappa shape index (κ2) is 9.37. The number of nitrogens with two attached hydrogens (primary N) is 1. The minimum atomic E-state index is -1.96. The molecule has 0 aliphatic carbocycles. The number of aromatic nitrogens is 4. The Morgan fingerprint density at radius 3 is 2.60 bits per heavy atom. The van der Waals surface area contributed by atoms with E-state index in [9.17, 15) is 23.2 Å². The van der Waals surface area contributed by atoms with Crippen molar-refractivity contribution in [2.45, 2.75) is 45.0 Å². The Balaban J connectivity index is 1.82. The fourth-order valence-corrected chi connectivity index (χ4v) is 3.83. The van der Waals surface area contributed by atoms with E-state index in [0.717, 1.165) is 35.1 Å². The molecule has 3 aromatic rings. The van der Waals surface area contributed by atoms with Crippen LogP contribution in [0.2, 0.25) is 0 Å². The molecule has 1 aliphatic heterocycles. The molecule has 1 aromatic carbocycles. The zero-order valence-electron chi connectivity index (χ0n) is 18.5. The third-order valence-corrected chi connectivity index (χ3v) is 5.32. The maximum atomic E-state index is 15.2. The van der Waals surface area contributed by atoms with E-state index in [4.69, 9.17) is 19.9 Å². The number of nitrogen functional groups attached to an aromatic ring is 1. The first-order valence-corrected chi connectivity index (χ1v) is 10.3. The molecule has 0 saturated carbocycles. The number of benzene rings is 1. The summed E-state index contributed by atoms with van der Waals surface area (Å²) < 4.78 is 59.9. The summed E-state index contributed by atoms with van der Waals surface area (Å²) in [6.07, 6.45) is -5.19. The summed E-state index contributed by atoms with van der Waals surface area (Å²) in [6.45, 7) is 1.45. The van der Waals surface area contributed by atoms with Crippen LogP contribution in [0.5, 0.6) is 0 Å². The number of ether oxygens (including phenoxy) is 3. The molecule has 0 radical (unpaired) electrons. The zero-order chi connectivity index (χ0) is 25.4. The number of carbonyl (C=O) groups excluding carboxylic acids is 2. The van der Waals surface area contributed by atoms with Crippen molar-refractivity contribution >= 4 is 29.1 Å². The third kappa shape index (κ3) is 4.69. The molecule has 11 nitrogen and oxygen atoms in total. The maximum absolute atomic E-state index is 15.2. The van der Waals surface area contributed by atoms with Gasteiger partial charge in [-0.2, -0.15) is 4.98 Å². The number of esters is 2. The molecule has 14 heteroatoms. The summed E-state index contributed by atoms with van der Waals surface area (Å²) in [5.74, 6) is -3.91. The molecule has 1 aliphatic rings. The van der Waals surface area contributed by atoms with Gasteiger partial charge in [-0.15, -0.1) is 0 Å². The van der Waals surface area contributed by atoms with Crippen molar-refractivity contribution in [1.29, 1.82) is 0 Å². The predicted octanol–water partition coefficient (Wildman–Crippen LogP) is 1.23. The lowest BCUT2D eigenvalue weighted by Gasteiger charge is -2.19. The van der Waals surface area contributed by atoms with Crippen LogP contribution in [0, 0.1) is 11.6 Å². The normalized spacial score (nSPS) is 21.9. The van der Waals surface area contributed by atoms with E-state index in [1.54, 1.807) is 0 Å². The van der Waals surface area contributed by atoms with E-state index in [1.807, 2.05) is 0 Å². The summed E-state index contributed by atoms with van der Waals surface area (Å²) in [4.78, 5) is 44.3. The number of halogens is 3. The Morgan fingerprint density at radius 1 is 1.20 bits per heavy atom. The van der Waals surface area contributed by atoms with Crippen LogP contribution < -0.4 is 11.4 Å². The summed E-state index contributed by atoms with van der Waals surface area (Å²) in [7, 11) is 0. The second-order valence-electron chi connectivity index (χ2n) is 7.81. The van der Waals surface area contributed by atoms with Crippen molar-refractivity contribution in [2.75, 3.05) is 12.3 Å². The van der Waals surface area contributed by atoms with Gasteiger partial charge < -0.3 is 19.9 Å². The van der Waals surface area contributed by atoms with Gasteiger partial charge in [0.1, 0.15) is 18.2 Å². The number of fused-ring (bicyclic) bond motifs is 1. The van der Waals surface area contributed by atoms with Gasteiger partial charge in [-0.3, -0.25) is 14.2 Å². The smallest absolute Gasteiger partial charge is 0.332 e. The Morgan fingerprint density at radius 2 is 1.94 bits per heavy atom. The van der Waals surface area contributed by atoms with Gasteiger partial charge >= 0.3 is 17.6 Å². The molecule has 4 rings (SSSR count). The minimum Gasteiger partial charge on any atom is -0.463 e. The first kappa shape index (κ1) is 24.2. The van der Waals surface area contributed by atoms with Crippen LogP contribution in [-0.4, -0.2) is 56.0 Å². The number of alkyl halides is 1. The van der Waals surface area contributed by atoms with Crippen LogP contribution in [0.25, 0.3) is 11.2 Å². The highest BCUT2D eigenvalue weighted by Crippen LogP contribution is 2.35. The van der Waals surface area contributed by atoms with Crippen LogP contribution in [0.1, 0.15) is 25.6 Å². The molecule has 2 aromatic heterocycles. The SMILES string of the molecule is CC(=O)OC[C@H]1O[C@@H](n2c(=O)n(Cc3ccc(F)c(F)c3)c3cnc(N)nc32)[C@H](OC(C)=O)[C@@H]1F. The molecule has 3 heterocycles. The number of carbonyl (C=O) groups is 2. The van der Waals surface area contributed by atoms with Crippen molar-refractivity contribution in [3.05, 3.63) is 52.1 Å². The fourth-order valence-electron chi connectivity index (χ4n) is 3.83. The van der Waals surface area contributed by atoms with E-state index in [2.05, 4.69) is 9.97 Å². The number of anilines is 1. The third-order valence-electron chi connectivity index (χ3n) is 5.32. The summed E-state index contributed by atoms with van der Waals surface area (Å²) in [5, 5.41) is 0. The van der Waals surface area contributed by atoms with Gasteiger partial charge in [0.25, 0.3) is 0 Å². The lowest BCUT2D eigenvalue weighted by molar-refractivity contribution is -0.154. The Labute approximate surface area is 195 Å². The Bertz CT molecular complexity index is 1360. The van der Waals surface area contributed by atoms with Crippen molar-refractivity contribution in [2.24, 2.45) is 0 Å². The molecule has 186 valence electrons. The molecule has 2 N–H and O–H groups in total. The Hall–Kier alpha value is -3.94. The molecule has 0 spiro atoms. The van der Waals surface area contributed by atoms with Crippen LogP contribution in [0.3, 0.4) is 0 Å². The molecule has 1 saturated heterocycles. The first-order chi connectivity index (χ1) is 16.6. The minimum absolute atomic E-state index is 0.0763. The standard InChI is InChI=1S/C21H20F3N5O6/c1-9(30)33-8-15-16(24)17(34-10(2)31)19(35-15)29-18-14(6-26-20(25)27-18)28(21(29)32)7-11-3-4-12(22)13(23)5-11/h3-6,15-17,19H,7-8H2,1-2H3,(H2,25,26,27)/t15-,16-,17-,19-/m1/s1. The number of imidazole rings is 1. The molecule has 0 unspecified atom stereocenters. The number of hydrogen-bond acceptors (Lipinski definition) is 9. The lowest BCUT2D eigenvalue weighted by atomic mass is 10.1. The van der Waals surface area contributed by atoms with E-state index in [1.165, 1.54) is 12.3 Å². The van der Waals surface area contributed by atoms with Crippen molar-refractivity contribution in [3.63, 3.8) is 0 Å². The largest absolute Gasteiger partial charge is 0.463 e. The van der Waals surface area contributed by atoms with Crippen LogP contribution >= 0.6 is 0 Å². The van der Waals surface area contributed by atoms with Gasteiger partial charge in [0.2, 0.25) is 5.95 Å². The average Bonchev–Trinajstić information content (AvgIpc) is 3.22. The van der Waals surface area contributed by atoms with Crippen LogP contribution in [-0.2, 0) is 30.3 Å².